The van der Waals surface area contributed by atoms with Gasteiger partial charge in [-0.2, -0.15) is 0 Å². The summed E-state index contributed by atoms with van der Waals surface area (Å²) in [6, 6.07) is 3.09. The van der Waals surface area contributed by atoms with Crippen LogP contribution in [0.1, 0.15) is 36.0 Å². The molecule has 0 saturated heterocycles. The smallest absolute Gasteiger partial charge is 0.251 e. The summed E-state index contributed by atoms with van der Waals surface area (Å²) in [5.41, 5.74) is 0.480. The number of carbonyl (C=O) groups is 1. The molecular weight excluding hydrogens is 283 g/mol. The van der Waals surface area contributed by atoms with Gasteiger partial charge in [-0.3, -0.25) is 4.79 Å². The number of hydrogen-bond acceptors (Lipinski definition) is 2. The Balaban J connectivity index is 1.59. The van der Waals surface area contributed by atoms with Gasteiger partial charge in [-0.1, -0.05) is 29.6 Å². The molecule has 0 aromatic carbocycles. The van der Waals surface area contributed by atoms with Crippen LogP contribution < -0.4 is 5.32 Å². The third kappa shape index (κ3) is 2.87. The highest BCUT2D eigenvalue weighted by Gasteiger charge is 2.39. The van der Waals surface area contributed by atoms with E-state index in [9.17, 15) is 4.79 Å². The van der Waals surface area contributed by atoms with Gasteiger partial charge in [-0.25, -0.2) is 4.98 Å². The summed E-state index contributed by atoms with van der Waals surface area (Å²) in [7, 11) is 0. The third-order valence-corrected chi connectivity index (χ3v) is 4.82. The second-order valence-corrected chi connectivity index (χ2v) is 6.42. The molecule has 0 radical (unpaired) electrons. The molecule has 1 aromatic heterocycles. The van der Waals surface area contributed by atoms with Crippen LogP contribution in [0.4, 0.5) is 0 Å². The number of fused-ring (bicyclic) bond motifs is 2. The molecule has 19 heavy (non-hydrogen) atoms. The fourth-order valence-corrected chi connectivity index (χ4v) is 4.01. The van der Waals surface area contributed by atoms with Gasteiger partial charge >= 0.3 is 0 Å². The largest absolute Gasteiger partial charge is 0.352 e. The predicted octanol–water partition coefficient (Wildman–Crippen LogP) is 3.55. The maximum atomic E-state index is 12.1. The molecule has 2 bridgehead atoms. The van der Waals surface area contributed by atoms with Crippen molar-refractivity contribution in [2.45, 2.75) is 25.7 Å². The SMILES string of the molecule is O=C(NCC1CC2CCC1C2)c1cc(Cl)nc(Cl)c1. The Morgan fingerprint density at radius 1 is 1.26 bits per heavy atom. The molecule has 0 aliphatic heterocycles. The van der Waals surface area contributed by atoms with Crippen LogP contribution in [0.3, 0.4) is 0 Å². The lowest BCUT2D eigenvalue weighted by atomic mass is 9.89. The van der Waals surface area contributed by atoms with Crippen molar-refractivity contribution < 1.29 is 4.79 Å². The average molecular weight is 299 g/mol. The van der Waals surface area contributed by atoms with Crippen LogP contribution in [0.25, 0.3) is 0 Å². The van der Waals surface area contributed by atoms with Crippen molar-refractivity contribution in [1.29, 1.82) is 0 Å². The van der Waals surface area contributed by atoms with Crippen LogP contribution in [0, 0.1) is 17.8 Å². The van der Waals surface area contributed by atoms with E-state index in [0.29, 0.717) is 11.5 Å². The van der Waals surface area contributed by atoms with Gasteiger partial charge in [0.1, 0.15) is 10.3 Å². The summed E-state index contributed by atoms with van der Waals surface area (Å²) in [6.45, 7) is 0.761. The van der Waals surface area contributed by atoms with E-state index in [-0.39, 0.29) is 16.2 Å². The van der Waals surface area contributed by atoms with E-state index < -0.39 is 0 Å². The zero-order valence-electron chi connectivity index (χ0n) is 10.5. The molecule has 2 aliphatic carbocycles. The number of amides is 1. The van der Waals surface area contributed by atoms with Gasteiger partial charge in [-0.15, -0.1) is 0 Å². The van der Waals surface area contributed by atoms with E-state index in [0.717, 1.165) is 18.4 Å². The quantitative estimate of drug-likeness (QED) is 0.867. The highest BCUT2D eigenvalue weighted by atomic mass is 35.5. The van der Waals surface area contributed by atoms with Crippen molar-refractivity contribution in [3.8, 4) is 0 Å². The molecule has 1 amide bonds. The van der Waals surface area contributed by atoms with Gasteiger partial charge in [0.15, 0.2) is 0 Å². The van der Waals surface area contributed by atoms with Crippen LogP contribution in [-0.2, 0) is 0 Å². The zero-order chi connectivity index (χ0) is 13.4. The average Bonchev–Trinajstić information content (AvgIpc) is 2.96. The monoisotopic (exact) mass is 298 g/mol. The first-order chi connectivity index (χ1) is 9.11. The Hall–Kier alpha value is -0.800. The van der Waals surface area contributed by atoms with Crippen molar-refractivity contribution >= 4 is 29.1 Å². The Morgan fingerprint density at radius 2 is 2.00 bits per heavy atom. The molecule has 102 valence electrons. The molecule has 1 heterocycles. The number of pyridine rings is 1. The summed E-state index contributed by atoms with van der Waals surface area (Å²) >= 11 is 11.6. The summed E-state index contributed by atoms with van der Waals surface area (Å²) in [4.78, 5) is 15.9. The molecule has 1 N–H and O–H groups in total. The Kier molecular flexibility index (Phi) is 3.68. The highest BCUT2D eigenvalue weighted by molar-refractivity contribution is 6.33. The molecule has 0 spiro atoms. The minimum Gasteiger partial charge on any atom is -0.352 e. The van der Waals surface area contributed by atoms with Crippen LogP contribution in [0.15, 0.2) is 12.1 Å². The van der Waals surface area contributed by atoms with E-state index in [1.165, 1.54) is 25.7 Å². The van der Waals surface area contributed by atoms with E-state index in [4.69, 9.17) is 23.2 Å². The van der Waals surface area contributed by atoms with E-state index in [1.807, 2.05) is 0 Å². The number of nitrogens with one attached hydrogen (secondary N) is 1. The zero-order valence-corrected chi connectivity index (χ0v) is 12.0. The van der Waals surface area contributed by atoms with E-state index >= 15 is 0 Å². The van der Waals surface area contributed by atoms with Crippen molar-refractivity contribution in [3.63, 3.8) is 0 Å². The lowest BCUT2D eigenvalue weighted by Gasteiger charge is -2.21. The first-order valence-corrected chi connectivity index (χ1v) is 7.48. The standard InChI is InChI=1S/C14H16Cl2N2O/c15-12-5-10(6-13(16)18-12)14(19)17-7-11-4-8-1-2-9(11)3-8/h5-6,8-9,11H,1-4,7H2,(H,17,19). The number of rotatable bonds is 3. The Morgan fingerprint density at radius 3 is 2.58 bits per heavy atom. The fraction of sp³-hybridized carbons (Fsp3) is 0.571. The van der Waals surface area contributed by atoms with Crippen molar-refractivity contribution in [2.24, 2.45) is 17.8 Å². The fourth-order valence-electron chi connectivity index (χ4n) is 3.55. The number of halogens is 2. The molecule has 3 rings (SSSR count). The van der Waals surface area contributed by atoms with Crippen LogP contribution in [0.5, 0.6) is 0 Å². The lowest BCUT2D eigenvalue weighted by molar-refractivity contribution is 0.0941. The first-order valence-electron chi connectivity index (χ1n) is 6.73. The summed E-state index contributed by atoms with van der Waals surface area (Å²) in [5.74, 6) is 2.25. The van der Waals surface area contributed by atoms with Gasteiger partial charge < -0.3 is 5.32 Å². The minimum absolute atomic E-state index is 0.117. The number of nitrogens with zero attached hydrogens (tertiary/aromatic N) is 1. The summed E-state index contributed by atoms with van der Waals surface area (Å²) in [6.07, 6.45) is 5.33. The Bertz CT molecular complexity index is 486. The van der Waals surface area contributed by atoms with Crippen molar-refractivity contribution in [3.05, 3.63) is 28.0 Å². The Labute approximate surface area is 122 Å². The lowest BCUT2D eigenvalue weighted by Crippen LogP contribution is -2.31. The van der Waals surface area contributed by atoms with Gasteiger partial charge in [0.25, 0.3) is 5.91 Å². The summed E-state index contributed by atoms with van der Waals surface area (Å²) in [5, 5.41) is 3.49. The molecule has 3 unspecified atom stereocenters. The maximum absolute atomic E-state index is 12.1. The predicted molar refractivity (Wildman–Crippen MR) is 75.5 cm³/mol. The molecule has 5 heteroatoms. The van der Waals surface area contributed by atoms with Crippen molar-refractivity contribution in [1.82, 2.24) is 10.3 Å². The molecule has 3 nitrogen and oxygen atoms in total. The molecule has 1 aromatic rings. The number of hydrogen-bond donors (Lipinski definition) is 1. The normalized spacial score (nSPS) is 28.6. The maximum Gasteiger partial charge on any atom is 0.251 e. The topological polar surface area (TPSA) is 42.0 Å². The van der Waals surface area contributed by atoms with Crippen LogP contribution in [-0.4, -0.2) is 17.4 Å². The molecular formula is C14H16Cl2N2O. The van der Waals surface area contributed by atoms with E-state index in [1.54, 1.807) is 12.1 Å². The second-order valence-electron chi connectivity index (χ2n) is 5.65. The van der Waals surface area contributed by atoms with Gasteiger partial charge in [0.2, 0.25) is 0 Å². The minimum atomic E-state index is -0.117. The molecule has 2 saturated carbocycles. The van der Waals surface area contributed by atoms with Crippen LogP contribution in [0.2, 0.25) is 10.3 Å². The van der Waals surface area contributed by atoms with Gasteiger partial charge in [-0.05, 0) is 49.1 Å². The van der Waals surface area contributed by atoms with Crippen LogP contribution >= 0.6 is 23.2 Å². The first kappa shape index (κ1) is 13.2. The highest BCUT2D eigenvalue weighted by Crippen LogP contribution is 2.47. The van der Waals surface area contributed by atoms with Crippen molar-refractivity contribution in [2.75, 3.05) is 6.54 Å². The number of carbonyl (C=O) groups excluding carboxylic acids is 1. The van der Waals surface area contributed by atoms with E-state index in [2.05, 4.69) is 10.3 Å². The third-order valence-electron chi connectivity index (χ3n) is 4.43. The molecule has 2 aliphatic rings. The second kappa shape index (κ2) is 5.29. The summed E-state index contributed by atoms with van der Waals surface area (Å²) < 4.78 is 0. The molecule has 2 fully saturated rings. The van der Waals surface area contributed by atoms with Gasteiger partial charge in [0.05, 0.1) is 0 Å². The number of aromatic nitrogens is 1. The van der Waals surface area contributed by atoms with Gasteiger partial charge in [0, 0.05) is 12.1 Å². The molecule has 3 atom stereocenters.